The first-order valence-electron chi connectivity index (χ1n) is 9.06. The molecule has 4 aromatic rings. The van der Waals surface area contributed by atoms with Crippen molar-refractivity contribution in [1.82, 2.24) is 9.38 Å². The molecule has 0 aliphatic rings. The number of methoxy groups -OCH3 is 1. The van der Waals surface area contributed by atoms with Crippen LogP contribution in [0.2, 0.25) is 0 Å². The lowest BCUT2D eigenvalue weighted by molar-refractivity contribution is 0.102. The molecule has 0 saturated heterocycles. The second kappa shape index (κ2) is 7.19. The van der Waals surface area contributed by atoms with Crippen molar-refractivity contribution in [3.63, 3.8) is 0 Å². The van der Waals surface area contributed by atoms with Gasteiger partial charge in [0.25, 0.3) is 5.91 Å². The van der Waals surface area contributed by atoms with Gasteiger partial charge in [-0.05, 0) is 67.4 Å². The second-order valence-electron chi connectivity index (χ2n) is 6.76. The van der Waals surface area contributed by atoms with Gasteiger partial charge in [0, 0.05) is 23.5 Å². The maximum absolute atomic E-state index is 12.7. The first-order valence-corrected chi connectivity index (χ1v) is 9.06. The number of aryl methyl sites for hydroxylation is 2. The molecule has 0 aliphatic heterocycles. The number of nitrogens with one attached hydrogen (secondary N) is 1. The van der Waals surface area contributed by atoms with Crippen LogP contribution in [0.1, 0.15) is 21.5 Å². The third-order valence-electron chi connectivity index (χ3n) is 4.88. The lowest BCUT2D eigenvalue weighted by Gasteiger charge is -2.12. The summed E-state index contributed by atoms with van der Waals surface area (Å²) < 4.78 is 7.40. The van der Waals surface area contributed by atoms with Crippen molar-refractivity contribution in [3.8, 4) is 17.0 Å². The number of benzene rings is 2. The lowest BCUT2D eigenvalue weighted by atomic mass is 10.1. The average molecular weight is 371 g/mol. The van der Waals surface area contributed by atoms with Crippen LogP contribution in [-0.4, -0.2) is 22.4 Å². The summed E-state index contributed by atoms with van der Waals surface area (Å²) in [6.45, 7) is 4.02. The average Bonchev–Trinajstić information content (AvgIpc) is 3.14. The molecule has 1 N–H and O–H groups in total. The smallest absolute Gasteiger partial charge is 0.255 e. The highest BCUT2D eigenvalue weighted by atomic mass is 16.5. The number of pyridine rings is 1. The summed E-state index contributed by atoms with van der Waals surface area (Å²) in [5, 5.41) is 2.97. The Morgan fingerprint density at radius 1 is 1.04 bits per heavy atom. The molecule has 0 spiro atoms. The number of fused-ring (bicyclic) bond motifs is 1. The number of hydrogen-bond donors (Lipinski definition) is 1. The van der Waals surface area contributed by atoms with E-state index in [4.69, 9.17) is 4.74 Å². The first-order chi connectivity index (χ1) is 13.5. The van der Waals surface area contributed by atoms with E-state index in [2.05, 4.69) is 10.3 Å². The Morgan fingerprint density at radius 3 is 2.64 bits per heavy atom. The maximum atomic E-state index is 12.7. The number of rotatable bonds is 4. The Balaban J connectivity index is 1.68. The molecule has 1 amide bonds. The highest BCUT2D eigenvalue weighted by Crippen LogP contribution is 2.31. The standard InChI is InChI=1S/C23H21N3O2/c1-15-7-8-18(12-16(15)2)23(27)25-19-13-17(9-10-21(19)28-3)20-14-26-11-5-4-6-22(26)24-20/h4-14H,1-3H3,(H,25,27). The van der Waals surface area contributed by atoms with E-state index in [0.717, 1.165) is 28.0 Å². The minimum absolute atomic E-state index is 0.173. The molecule has 140 valence electrons. The second-order valence-corrected chi connectivity index (χ2v) is 6.76. The molecule has 5 heteroatoms. The number of carbonyl (C=O) groups is 1. The van der Waals surface area contributed by atoms with E-state index in [0.29, 0.717) is 17.0 Å². The Hall–Kier alpha value is -3.60. The van der Waals surface area contributed by atoms with Crippen LogP contribution in [0.25, 0.3) is 16.9 Å². The molecule has 4 rings (SSSR count). The lowest BCUT2D eigenvalue weighted by Crippen LogP contribution is -2.13. The molecular formula is C23H21N3O2. The van der Waals surface area contributed by atoms with Gasteiger partial charge in [-0.2, -0.15) is 0 Å². The zero-order valence-electron chi connectivity index (χ0n) is 16.1. The number of anilines is 1. The summed E-state index contributed by atoms with van der Waals surface area (Å²) in [5.74, 6) is 0.429. The van der Waals surface area contributed by atoms with Crippen LogP contribution >= 0.6 is 0 Å². The predicted octanol–water partition coefficient (Wildman–Crippen LogP) is 4.88. The van der Waals surface area contributed by atoms with Crippen molar-refractivity contribution in [2.24, 2.45) is 0 Å². The number of amides is 1. The summed E-state index contributed by atoms with van der Waals surface area (Å²) in [6, 6.07) is 17.2. The van der Waals surface area contributed by atoms with Gasteiger partial charge in [-0.3, -0.25) is 4.79 Å². The Morgan fingerprint density at radius 2 is 1.89 bits per heavy atom. The molecule has 0 aliphatic carbocycles. The van der Waals surface area contributed by atoms with Crippen molar-refractivity contribution in [2.75, 3.05) is 12.4 Å². The summed E-state index contributed by atoms with van der Waals surface area (Å²) in [4.78, 5) is 17.4. The van der Waals surface area contributed by atoms with Gasteiger partial charge in [0.2, 0.25) is 0 Å². The van der Waals surface area contributed by atoms with Gasteiger partial charge in [-0.1, -0.05) is 12.1 Å². The van der Waals surface area contributed by atoms with Crippen LogP contribution in [0.3, 0.4) is 0 Å². The number of carbonyl (C=O) groups excluding carboxylic acids is 1. The van der Waals surface area contributed by atoms with Gasteiger partial charge < -0.3 is 14.5 Å². The largest absolute Gasteiger partial charge is 0.495 e. The Labute approximate surface area is 163 Å². The van der Waals surface area contributed by atoms with Gasteiger partial charge in [0.15, 0.2) is 0 Å². The van der Waals surface area contributed by atoms with Gasteiger partial charge in [-0.25, -0.2) is 4.98 Å². The normalized spacial score (nSPS) is 10.8. The highest BCUT2D eigenvalue weighted by molar-refractivity contribution is 6.05. The van der Waals surface area contributed by atoms with E-state index in [1.54, 1.807) is 7.11 Å². The van der Waals surface area contributed by atoms with Crippen molar-refractivity contribution in [1.29, 1.82) is 0 Å². The van der Waals surface area contributed by atoms with Crippen molar-refractivity contribution < 1.29 is 9.53 Å². The number of hydrogen-bond acceptors (Lipinski definition) is 3. The van der Waals surface area contributed by atoms with Crippen LogP contribution in [0.5, 0.6) is 5.75 Å². The van der Waals surface area contributed by atoms with Gasteiger partial charge >= 0.3 is 0 Å². The van der Waals surface area contributed by atoms with Gasteiger partial charge in [0.1, 0.15) is 11.4 Å². The molecule has 0 atom stereocenters. The molecule has 0 bridgehead atoms. The summed E-state index contributed by atoms with van der Waals surface area (Å²) in [7, 11) is 1.59. The molecule has 0 fully saturated rings. The van der Waals surface area contributed by atoms with E-state index < -0.39 is 0 Å². The molecule has 0 radical (unpaired) electrons. The quantitative estimate of drug-likeness (QED) is 0.556. The van der Waals surface area contributed by atoms with E-state index in [1.165, 1.54) is 0 Å². The number of aromatic nitrogens is 2. The predicted molar refractivity (Wildman–Crippen MR) is 111 cm³/mol. The van der Waals surface area contributed by atoms with Crippen molar-refractivity contribution >= 4 is 17.2 Å². The molecular weight excluding hydrogens is 350 g/mol. The van der Waals surface area contributed by atoms with Gasteiger partial charge in [-0.15, -0.1) is 0 Å². The van der Waals surface area contributed by atoms with E-state index in [9.17, 15) is 4.79 Å². The van der Waals surface area contributed by atoms with E-state index in [-0.39, 0.29) is 5.91 Å². The van der Waals surface area contributed by atoms with Crippen LogP contribution in [0.15, 0.2) is 67.0 Å². The van der Waals surface area contributed by atoms with Crippen LogP contribution in [-0.2, 0) is 0 Å². The summed E-state index contributed by atoms with van der Waals surface area (Å²) in [6.07, 6.45) is 3.92. The van der Waals surface area contributed by atoms with E-state index >= 15 is 0 Å². The van der Waals surface area contributed by atoms with E-state index in [1.807, 2.05) is 85.2 Å². The van der Waals surface area contributed by atoms with Crippen molar-refractivity contribution in [2.45, 2.75) is 13.8 Å². The third kappa shape index (κ3) is 3.34. The Kier molecular flexibility index (Phi) is 4.57. The molecule has 2 aromatic carbocycles. The van der Waals surface area contributed by atoms with Crippen molar-refractivity contribution in [3.05, 3.63) is 83.7 Å². The number of ether oxygens (including phenoxy) is 1. The molecule has 2 heterocycles. The monoisotopic (exact) mass is 371 g/mol. The fourth-order valence-corrected chi connectivity index (χ4v) is 3.12. The minimum Gasteiger partial charge on any atom is -0.495 e. The summed E-state index contributed by atoms with van der Waals surface area (Å²) >= 11 is 0. The third-order valence-corrected chi connectivity index (χ3v) is 4.88. The highest BCUT2D eigenvalue weighted by Gasteiger charge is 2.13. The molecule has 2 aromatic heterocycles. The fraction of sp³-hybridized carbons (Fsp3) is 0.130. The Bertz CT molecular complexity index is 1140. The fourth-order valence-electron chi connectivity index (χ4n) is 3.12. The van der Waals surface area contributed by atoms with Gasteiger partial charge in [0.05, 0.1) is 18.5 Å². The SMILES string of the molecule is COc1ccc(-c2cn3ccccc3n2)cc1NC(=O)c1ccc(C)c(C)c1. The van der Waals surface area contributed by atoms with Crippen LogP contribution < -0.4 is 10.1 Å². The maximum Gasteiger partial charge on any atom is 0.255 e. The molecule has 5 nitrogen and oxygen atoms in total. The summed E-state index contributed by atoms with van der Waals surface area (Å²) in [5.41, 5.74) is 6.06. The first kappa shape index (κ1) is 17.8. The van der Waals surface area contributed by atoms with Crippen LogP contribution in [0, 0.1) is 13.8 Å². The topological polar surface area (TPSA) is 55.6 Å². The molecule has 0 saturated carbocycles. The number of imidazole rings is 1. The van der Waals surface area contributed by atoms with Crippen LogP contribution in [0.4, 0.5) is 5.69 Å². The minimum atomic E-state index is -0.173. The molecule has 28 heavy (non-hydrogen) atoms. The molecule has 0 unspecified atom stereocenters. The zero-order valence-corrected chi connectivity index (χ0v) is 16.1. The zero-order chi connectivity index (χ0) is 19.7. The number of nitrogens with zero attached hydrogens (tertiary/aromatic N) is 2.